The smallest absolute Gasteiger partial charge is 0.0123 e. The van der Waals surface area contributed by atoms with Crippen molar-refractivity contribution in [3.05, 3.63) is 21.9 Å². The highest BCUT2D eigenvalue weighted by molar-refractivity contribution is 7.12. The van der Waals surface area contributed by atoms with Crippen molar-refractivity contribution in [1.29, 1.82) is 0 Å². The molecule has 1 saturated carbocycles. The van der Waals surface area contributed by atoms with E-state index < -0.39 is 0 Å². The van der Waals surface area contributed by atoms with Crippen LogP contribution in [0.1, 0.15) is 22.1 Å². The summed E-state index contributed by atoms with van der Waals surface area (Å²) in [6.07, 6.45) is 1.19. The predicted molar refractivity (Wildman–Crippen MR) is 44.4 cm³/mol. The Balaban J connectivity index is 2.20. The standard InChI is InChI=1S/C8H11NS/c1-5-2-3-8(10-5)6-4-7(6)9/h2-3,6-7H,4,9H2,1H3/t6-,7-/m0/s1. The SMILES string of the molecule is Cc1ccc([C@H]2C[C@@H]2N)s1. The number of rotatable bonds is 1. The van der Waals surface area contributed by atoms with Crippen LogP contribution in [0.3, 0.4) is 0 Å². The van der Waals surface area contributed by atoms with E-state index in [1.807, 2.05) is 11.3 Å². The van der Waals surface area contributed by atoms with Crippen LogP contribution in [0.5, 0.6) is 0 Å². The van der Waals surface area contributed by atoms with Gasteiger partial charge in [0.05, 0.1) is 0 Å². The summed E-state index contributed by atoms with van der Waals surface area (Å²) >= 11 is 1.88. The van der Waals surface area contributed by atoms with Gasteiger partial charge in [0, 0.05) is 21.7 Å². The van der Waals surface area contributed by atoms with Crippen LogP contribution in [0.15, 0.2) is 12.1 Å². The van der Waals surface area contributed by atoms with Crippen molar-refractivity contribution in [1.82, 2.24) is 0 Å². The van der Waals surface area contributed by atoms with E-state index in [0.29, 0.717) is 12.0 Å². The van der Waals surface area contributed by atoms with Gasteiger partial charge in [-0.05, 0) is 25.5 Å². The van der Waals surface area contributed by atoms with Crippen LogP contribution in [0, 0.1) is 6.92 Å². The molecule has 0 aromatic carbocycles. The topological polar surface area (TPSA) is 26.0 Å². The Morgan fingerprint density at radius 2 is 2.30 bits per heavy atom. The fourth-order valence-electron chi connectivity index (χ4n) is 1.19. The molecule has 0 amide bonds. The number of nitrogens with two attached hydrogens (primary N) is 1. The Kier molecular flexibility index (Phi) is 1.32. The average molecular weight is 153 g/mol. The van der Waals surface area contributed by atoms with Crippen molar-refractivity contribution in [3.63, 3.8) is 0 Å². The minimum atomic E-state index is 0.457. The molecule has 2 atom stereocenters. The van der Waals surface area contributed by atoms with Gasteiger partial charge in [-0.2, -0.15) is 0 Å². The lowest BCUT2D eigenvalue weighted by Crippen LogP contribution is -1.99. The van der Waals surface area contributed by atoms with Gasteiger partial charge in [0.15, 0.2) is 0 Å². The number of hydrogen-bond donors (Lipinski definition) is 1. The summed E-state index contributed by atoms with van der Waals surface area (Å²) in [5.74, 6) is 0.693. The fraction of sp³-hybridized carbons (Fsp3) is 0.500. The normalized spacial score (nSPS) is 30.6. The maximum Gasteiger partial charge on any atom is 0.0123 e. The zero-order valence-corrected chi connectivity index (χ0v) is 6.82. The zero-order valence-electron chi connectivity index (χ0n) is 6.00. The molecule has 1 aromatic rings. The third-order valence-electron chi connectivity index (χ3n) is 1.97. The van der Waals surface area contributed by atoms with Crippen molar-refractivity contribution >= 4 is 11.3 Å². The molecular formula is C8H11NS. The predicted octanol–water partition coefficient (Wildman–Crippen LogP) is 1.87. The van der Waals surface area contributed by atoms with Gasteiger partial charge in [0.1, 0.15) is 0 Å². The average Bonchev–Trinajstić information content (AvgIpc) is 2.42. The van der Waals surface area contributed by atoms with E-state index in [1.165, 1.54) is 16.2 Å². The number of hydrogen-bond acceptors (Lipinski definition) is 2. The van der Waals surface area contributed by atoms with E-state index in [-0.39, 0.29) is 0 Å². The first-order valence-electron chi connectivity index (χ1n) is 3.59. The second-order valence-electron chi connectivity index (χ2n) is 2.95. The molecule has 2 heteroatoms. The third-order valence-corrected chi connectivity index (χ3v) is 3.10. The zero-order chi connectivity index (χ0) is 7.14. The molecule has 10 heavy (non-hydrogen) atoms. The van der Waals surface area contributed by atoms with Crippen LogP contribution in [0.4, 0.5) is 0 Å². The van der Waals surface area contributed by atoms with Crippen molar-refractivity contribution in [3.8, 4) is 0 Å². The van der Waals surface area contributed by atoms with Crippen LogP contribution in [0.25, 0.3) is 0 Å². The molecule has 1 fully saturated rings. The van der Waals surface area contributed by atoms with Gasteiger partial charge in [0.25, 0.3) is 0 Å². The van der Waals surface area contributed by atoms with Crippen molar-refractivity contribution in [2.75, 3.05) is 0 Å². The number of thiophene rings is 1. The van der Waals surface area contributed by atoms with E-state index in [4.69, 9.17) is 5.73 Å². The van der Waals surface area contributed by atoms with Crippen molar-refractivity contribution in [2.24, 2.45) is 5.73 Å². The maximum atomic E-state index is 5.71. The molecule has 0 bridgehead atoms. The first-order chi connectivity index (χ1) is 4.77. The molecule has 2 rings (SSSR count). The molecule has 54 valence electrons. The first-order valence-corrected chi connectivity index (χ1v) is 4.41. The Morgan fingerprint density at radius 1 is 1.60 bits per heavy atom. The van der Waals surface area contributed by atoms with Gasteiger partial charge >= 0.3 is 0 Å². The lowest BCUT2D eigenvalue weighted by atomic mass is 10.3. The quantitative estimate of drug-likeness (QED) is 0.655. The van der Waals surface area contributed by atoms with Crippen molar-refractivity contribution in [2.45, 2.75) is 25.3 Å². The highest BCUT2D eigenvalue weighted by Gasteiger charge is 2.35. The molecule has 1 aromatic heterocycles. The summed E-state index contributed by atoms with van der Waals surface area (Å²) in [5.41, 5.74) is 5.71. The second-order valence-corrected chi connectivity index (χ2v) is 4.27. The van der Waals surface area contributed by atoms with Gasteiger partial charge in [-0.1, -0.05) is 0 Å². The monoisotopic (exact) mass is 153 g/mol. The Morgan fingerprint density at radius 3 is 2.70 bits per heavy atom. The first kappa shape index (κ1) is 6.38. The molecule has 0 saturated heterocycles. The number of aryl methyl sites for hydroxylation is 1. The Labute approximate surface area is 64.9 Å². The van der Waals surface area contributed by atoms with Gasteiger partial charge in [0.2, 0.25) is 0 Å². The van der Waals surface area contributed by atoms with E-state index in [9.17, 15) is 0 Å². The summed E-state index contributed by atoms with van der Waals surface area (Å²) in [7, 11) is 0. The van der Waals surface area contributed by atoms with E-state index in [0.717, 1.165) is 0 Å². The van der Waals surface area contributed by atoms with Gasteiger partial charge in [-0.25, -0.2) is 0 Å². The molecule has 1 heterocycles. The third kappa shape index (κ3) is 0.976. The highest BCUT2D eigenvalue weighted by atomic mass is 32.1. The lowest BCUT2D eigenvalue weighted by molar-refractivity contribution is 1.01. The Bertz CT molecular complexity index is 241. The highest BCUT2D eigenvalue weighted by Crippen LogP contribution is 2.41. The van der Waals surface area contributed by atoms with Gasteiger partial charge in [-0.3, -0.25) is 0 Å². The van der Waals surface area contributed by atoms with Crippen LogP contribution in [0.2, 0.25) is 0 Å². The minimum Gasteiger partial charge on any atom is -0.327 e. The van der Waals surface area contributed by atoms with Gasteiger partial charge < -0.3 is 5.73 Å². The van der Waals surface area contributed by atoms with Crippen LogP contribution in [-0.2, 0) is 0 Å². The molecule has 0 spiro atoms. The maximum absolute atomic E-state index is 5.71. The molecular weight excluding hydrogens is 142 g/mol. The second kappa shape index (κ2) is 2.07. The summed E-state index contributed by atoms with van der Waals surface area (Å²) in [6.45, 7) is 2.14. The summed E-state index contributed by atoms with van der Waals surface area (Å²) in [4.78, 5) is 2.87. The van der Waals surface area contributed by atoms with Crippen molar-refractivity contribution < 1.29 is 0 Å². The molecule has 1 nitrogen and oxygen atoms in total. The summed E-state index contributed by atoms with van der Waals surface area (Å²) < 4.78 is 0. The van der Waals surface area contributed by atoms with E-state index in [2.05, 4.69) is 19.1 Å². The lowest BCUT2D eigenvalue weighted by Gasteiger charge is -1.87. The van der Waals surface area contributed by atoms with Gasteiger partial charge in [-0.15, -0.1) is 11.3 Å². The molecule has 0 radical (unpaired) electrons. The van der Waals surface area contributed by atoms with Crippen LogP contribution in [-0.4, -0.2) is 6.04 Å². The molecule has 0 aliphatic heterocycles. The fourth-order valence-corrected chi connectivity index (χ4v) is 2.26. The van der Waals surface area contributed by atoms with E-state index in [1.54, 1.807) is 0 Å². The van der Waals surface area contributed by atoms with E-state index >= 15 is 0 Å². The molecule has 1 aliphatic rings. The Hall–Kier alpha value is -0.340. The molecule has 0 unspecified atom stereocenters. The summed E-state index contributed by atoms with van der Waals surface area (Å²) in [5, 5.41) is 0. The largest absolute Gasteiger partial charge is 0.327 e. The summed E-state index contributed by atoms with van der Waals surface area (Å²) in [6, 6.07) is 4.83. The molecule has 1 aliphatic carbocycles. The van der Waals surface area contributed by atoms with Crippen LogP contribution < -0.4 is 5.73 Å². The minimum absolute atomic E-state index is 0.457. The molecule has 2 N–H and O–H groups in total. The van der Waals surface area contributed by atoms with Crippen LogP contribution >= 0.6 is 11.3 Å².